The third-order valence-corrected chi connectivity index (χ3v) is 3.92. The highest BCUT2D eigenvalue weighted by molar-refractivity contribution is 6.30. The molecule has 1 aliphatic carbocycles. The third kappa shape index (κ3) is 1.31. The maximum Gasteiger partial charge on any atom is 0.326 e. The minimum Gasteiger partial charge on any atom is -0.480 e. The summed E-state index contributed by atoms with van der Waals surface area (Å²) < 4.78 is 0. The molecule has 1 saturated carbocycles. The lowest BCUT2D eigenvalue weighted by Gasteiger charge is -2.27. The Labute approximate surface area is 98.6 Å². The van der Waals surface area contributed by atoms with Gasteiger partial charge in [0.2, 0.25) is 0 Å². The average molecular weight is 238 g/mol. The Kier molecular flexibility index (Phi) is 2.11. The van der Waals surface area contributed by atoms with Crippen LogP contribution in [0, 0.1) is 5.92 Å². The molecule has 4 rings (SSSR count). The van der Waals surface area contributed by atoms with Crippen LogP contribution in [-0.2, 0) is 4.79 Å². The topological polar surface area (TPSA) is 40.5 Å². The van der Waals surface area contributed by atoms with Gasteiger partial charge in [0.1, 0.15) is 6.04 Å². The number of halogens is 1. The van der Waals surface area contributed by atoms with Gasteiger partial charge in [-0.15, -0.1) is 0 Å². The second-order valence-electron chi connectivity index (χ2n) is 4.55. The number of rotatable bonds is 2. The quantitative estimate of drug-likeness (QED) is 0.859. The van der Waals surface area contributed by atoms with E-state index in [0.717, 1.165) is 18.5 Å². The Morgan fingerprint density at radius 3 is 2.50 bits per heavy atom. The Balaban J connectivity index is 1.94. The van der Waals surface area contributed by atoms with E-state index in [0.29, 0.717) is 17.0 Å². The van der Waals surface area contributed by atoms with E-state index < -0.39 is 5.97 Å². The van der Waals surface area contributed by atoms with Gasteiger partial charge in [0.05, 0.1) is 0 Å². The van der Waals surface area contributed by atoms with E-state index in [1.54, 1.807) is 0 Å². The van der Waals surface area contributed by atoms with Crippen molar-refractivity contribution in [1.82, 2.24) is 0 Å². The SMILES string of the molecule is O=C(O)C1C2CC(C2)N1c1ccc(Cl)cc1. The van der Waals surface area contributed by atoms with Crippen molar-refractivity contribution in [2.24, 2.45) is 5.92 Å². The van der Waals surface area contributed by atoms with Gasteiger partial charge in [-0.1, -0.05) is 11.6 Å². The maximum atomic E-state index is 11.2. The molecule has 0 spiro atoms. The van der Waals surface area contributed by atoms with Gasteiger partial charge in [-0.3, -0.25) is 0 Å². The third-order valence-electron chi connectivity index (χ3n) is 3.67. The van der Waals surface area contributed by atoms with Crippen LogP contribution in [0.1, 0.15) is 12.8 Å². The molecule has 1 atom stereocenters. The van der Waals surface area contributed by atoms with Crippen LogP contribution < -0.4 is 4.90 Å². The average Bonchev–Trinajstić information content (AvgIpc) is 2.72. The van der Waals surface area contributed by atoms with Gasteiger partial charge in [0, 0.05) is 16.8 Å². The Hall–Kier alpha value is -1.22. The van der Waals surface area contributed by atoms with Crippen LogP contribution in [0.25, 0.3) is 0 Å². The lowest BCUT2D eigenvalue weighted by Crippen LogP contribution is -2.36. The summed E-state index contributed by atoms with van der Waals surface area (Å²) in [5.41, 5.74) is 0.974. The van der Waals surface area contributed by atoms with Crippen molar-refractivity contribution in [3.8, 4) is 0 Å². The summed E-state index contributed by atoms with van der Waals surface area (Å²) in [7, 11) is 0. The van der Waals surface area contributed by atoms with Gasteiger partial charge < -0.3 is 10.0 Å². The fourth-order valence-electron chi connectivity index (χ4n) is 2.87. The van der Waals surface area contributed by atoms with E-state index in [-0.39, 0.29) is 6.04 Å². The molecule has 0 aromatic heterocycles. The van der Waals surface area contributed by atoms with E-state index in [1.165, 1.54) is 0 Å². The minimum absolute atomic E-state index is 0.332. The molecule has 1 N–H and O–H groups in total. The highest BCUT2D eigenvalue weighted by Crippen LogP contribution is 2.48. The number of nitrogens with zero attached hydrogens (tertiary/aromatic N) is 1. The van der Waals surface area contributed by atoms with E-state index in [4.69, 9.17) is 11.6 Å². The Morgan fingerprint density at radius 2 is 1.94 bits per heavy atom. The zero-order valence-electron chi connectivity index (χ0n) is 8.64. The number of hydrogen-bond acceptors (Lipinski definition) is 2. The monoisotopic (exact) mass is 237 g/mol. The van der Waals surface area contributed by atoms with Gasteiger partial charge in [0.25, 0.3) is 0 Å². The number of carboxylic acid groups (broad SMARTS) is 1. The van der Waals surface area contributed by atoms with Crippen molar-refractivity contribution in [3.05, 3.63) is 29.3 Å². The first-order valence-electron chi connectivity index (χ1n) is 5.43. The molecule has 3 fully saturated rings. The van der Waals surface area contributed by atoms with Crippen LogP contribution >= 0.6 is 11.6 Å². The highest BCUT2D eigenvalue weighted by Gasteiger charge is 2.53. The molecular weight excluding hydrogens is 226 g/mol. The van der Waals surface area contributed by atoms with Crippen LogP contribution in [0.3, 0.4) is 0 Å². The smallest absolute Gasteiger partial charge is 0.326 e. The number of carboxylic acids is 1. The van der Waals surface area contributed by atoms with E-state index in [1.807, 2.05) is 29.2 Å². The van der Waals surface area contributed by atoms with Crippen molar-refractivity contribution in [3.63, 3.8) is 0 Å². The van der Waals surface area contributed by atoms with Crippen molar-refractivity contribution in [2.45, 2.75) is 24.9 Å². The van der Waals surface area contributed by atoms with Gasteiger partial charge >= 0.3 is 5.97 Å². The lowest BCUT2D eigenvalue weighted by atomic mass is 9.83. The lowest BCUT2D eigenvalue weighted by molar-refractivity contribution is -0.139. The van der Waals surface area contributed by atoms with Gasteiger partial charge in [0.15, 0.2) is 0 Å². The number of benzene rings is 1. The molecule has 1 unspecified atom stereocenters. The molecule has 4 heteroatoms. The van der Waals surface area contributed by atoms with E-state index >= 15 is 0 Å². The van der Waals surface area contributed by atoms with Gasteiger partial charge in [-0.25, -0.2) is 4.79 Å². The molecule has 3 nitrogen and oxygen atoms in total. The first kappa shape index (κ1) is 9.97. The summed E-state index contributed by atoms with van der Waals surface area (Å²) in [6.07, 6.45) is 2.03. The Morgan fingerprint density at radius 1 is 1.31 bits per heavy atom. The normalized spacial score (nSPS) is 31.3. The Bertz CT molecular complexity index is 425. The molecule has 1 aromatic carbocycles. The zero-order chi connectivity index (χ0) is 11.3. The predicted molar refractivity (Wildman–Crippen MR) is 61.9 cm³/mol. The summed E-state index contributed by atoms with van der Waals surface area (Å²) in [6.45, 7) is 0. The van der Waals surface area contributed by atoms with E-state index in [2.05, 4.69) is 0 Å². The number of carbonyl (C=O) groups is 1. The van der Waals surface area contributed by atoms with Crippen molar-refractivity contribution in [1.29, 1.82) is 0 Å². The minimum atomic E-state index is -0.708. The van der Waals surface area contributed by atoms with Crippen LogP contribution in [0.2, 0.25) is 5.02 Å². The molecule has 2 saturated heterocycles. The molecule has 2 aliphatic heterocycles. The number of hydrogen-bond donors (Lipinski definition) is 1. The largest absolute Gasteiger partial charge is 0.480 e. The maximum absolute atomic E-state index is 11.2. The van der Waals surface area contributed by atoms with Gasteiger partial charge in [-0.2, -0.15) is 0 Å². The molecular formula is C12H12ClNO2. The molecule has 1 aromatic rings. The molecule has 0 amide bonds. The molecule has 16 heavy (non-hydrogen) atoms. The summed E-state index contributed by atoms with van der Waals surface area (Å²) in [5, 5.41) is 9.91. The first-order valence-corrected chi connectivity index (χ1v) is 5.81. The summed E-state index contributed by atoms with van der Waals surface area (Å²) in [5.74, 6) is -0.377. The van der Waals surface area contributed by atoms with Crippen LogP contribution in [0.15, 0.2) is 24.3 Å². The second kappa shape index (κ2) is 3.39. The zero-order valence-corrected chi connectivity index (χ0v) is 9.39. The fourth-order valence-corrected chi connectivity index (χ4v) is 3.00. The molecule has 2 bridgehead atoms. The summed E-state index contributed by atoms with van der Waals surface area (Å²) in [4.78, 5) is 13.3. The number of aliphatic carboxylic acids is 1. The molecule has 2 heterocycles. The van der Waals surface area contributed by atoms with Gasteiger partial charge in [-0.05, 0) is 43.0 Å². The summed E-state index contributed by atoms with van der Waals surface area (Å²) in [6, 6.07) is 7.49. The molecule has 3 aliphatic rings. The fraction of sp³-hybridized carbons (Fsp3) is 0.417. The molecule has 84 valence electrons. The standard InChI is InChI=1S/C12H12ClNO2/c13-8-1-3-9(4-2-8)14-10-5-7(6-10)11(14)12(15)16/h1-4,7,10-11H,5-6H2,(H,15,16). The van der Waals surface area contributed by atoms with Crippen molar-refractivity contribution in [2.75, 3.05) is 4.90 Å². The van der Waals surface area contributed by atoms with Crippen LogP contribution in [0.4, 0.5) is 5.69 Å². The number of anilines is 1. The van der Waals surface area contributed by atoms with Crippen LogP contribution in [-0.4, -0.2) is 23.2 Å². The first-order chi connectivity index (χ1) is 7.66. The highest BCUT2D eigenvalue weighted by atomic mass is 35.5. The summed E-state index contributed by atoms with van der Waals surface area (Å²) >= 11 is 5.83. The van der Waals surface area contributed by atoms with E-state index in [9.17, 15) is 9.90 Å². The number of fused-ring (bicyclic) bond motifs is 1. The van der Waals surface area contributed by atoms with Crippen LogP contribution in [0.5, 0.6) is 0 Å². The molecule has 0 radical (unpaired) electrons. The predicted octanol–water partition coefficient (Wildman–Crippen LogP) is 2.39. The second-order valence-corrected chi connectivity index (χ2v) is 4.99. The van der Waals surface area contributed by atoms with Crippen molar-refractivity contribution < 1.29 is 9.90 Å². The van der Waals surface area contributed by atoms with Crippen molar-refractivity contribution >= 4 is 23.3 Å².